The highest BCUT2D eigenvalue weighted by molar-refractivity contribution is 5.70. The van der Waals surface area contributed by atoms with Crippen LogP contribution in [0.5, 0.6) is 0 Å². The van der Waals surface area contributed by atoms with Crippen LogP contribution in [0.25, 0.3) is 0 Å². The average molecular weight is 890 g/mol. The number of hydrogen-bond donors (Lipinski definition) is 0. The van der Waals surface area contributed by atoms with E-state index in [2.05, 4.69) is 50.3 Å². The molecule has 0 spiro atoms. The zero-order chi connectivity index (χ0) is 46.3. The van der Waals surface area contributed by atoms with E-state index in [0.29, 0.717) is 23.9 Å². The summed E-state index contributed by atoms with van der Waals surface area (Å²) in [6, 6.07) is 0. The second-order valence-electron chi connectivity index (χ2n) is 18.8. The van der Waals surface area contributed by atoms with Gasteiger partial charge in [-0.2, -0.15) is 0 Å². The smallest absolute Gasteiger partial charge is 0.306 e. The molecule has 0 saturated heterocycles. The minimum absolute atomic E-state index is 0.149. The first-order chi connectivity index (χ1) is 30.6. The number of allylic oxidation sites excluding steroid dienone is 6. The molecule has 9 nitrogen and oxygen atoms in total. The number of carboxylic acids is 1. The molecule has 0 aromatic carbocycles. The molecule has 0 N–H and O–H groups in total. The van der Waals surface area contributed by atoms with Gasteiger partial charge in [-0.1, -0.05) is 204 Å². The van der Waals surface area contributed by atoms with Crippen molar-refractivity contribution in [2.45, 2.75) is 245 Å². The van der Waals surface area contributed by atoms with Gasteiger partial charge in [0.05, 0.1) is 40.3 Å². The minimum Gasteiger partial charge on any atom is -0.545 e. The Balaban J connectivity index is 4.12. The molecule has 0 aliphatic heterocycles. The maximum absolute atomic E-state index is 12.8. The van der Waals surface area contributed by atoms with Crippen molar-refractivity contribution < 1.29 is 42.9 Å². The summed E-state index contributed by atoms with van der Waals surface area (Å²) in [4.78, 5) is 37.0. The van der Waals surface area contributed by atoms with E-state index in [0.717, 1.165) is 44.9 Å². The van der Waals surface area contributed by atoms with Crippen molar-refractivity contribution in [3.05, 3.63) is 36.5 Å². The molecule has 0 aromatic heterocycles. The van der Waals surface area contributed by atoms with E-state index in [1.54, 1.807) is 0 Å². The number of nitrogens with zero attached hydrogens (tertiary/aromatic N) is 1. The largest absolute Gasteiger partial charge is 0.545 e. The molecule has 0 radical (unpaired) electrons. The third-order valence-electron chi connectivity index (χ3n) is 11.4. The molecular formula is C54H99NO8. The molecule has 0 aliphatic rings. The number of carbonyl (C=O) groups excluding carboxylic acids is 3. The van der Waals surface area contributed by atoms with Gasteiger partial charge >= 0.3 is 11.9 Å². The number of carboxylic acid groups (broad SMARTS) is 1. The van der Waals surface area contributed by atoms with Gasteiger partial charge in [0.25, 0.3) is 0 Å². The topological polar surface area (TPSA) is 111 Å². The Hall–Kier alpha value is -2.49. The van der Waals surface area contributed by atoms with Gasteiger partial charge in [-0.15, -0.1) is 0 Å². The van der Waals surface area contributed by atoms with Crippen molar-refractivity contribution in [2.75, 3.05) is 47.5 Å². The summed E-state index contributed by atoms with van der Waals surface area (Å²) < 4.78 is 22.6. The summed E-state index contributed by atoms with van der Waals surface area (Å²) in [6.45, 7) is 4.72. The molecule has 9 heteroatoms. The van der Waals surface area contributed by atoms with Crippen molar-refractivity contribution in [3.63, 3.8) is 0 Å². The number of unbranched alkanes of at least 4 members (excludes halogenated alkanes) is 27. The fourth-order valence-corrected chi connectivity index (χ4v) is 7.31. The molecule has 0 saturated carbocycles. The normalized spacial score (nSPS) is 13.1. The predicted molar refractivity (Wildman–Crippen MR) is 260 cm³/mol. The van der Waals surface area contributed by atoms with Gasteiger partial charge in [0.2, 0.25) is 0 Å². The summed E-state index contributed by atoms with van der Waals surface area (Å²) in [6.07, 6.45) is 50.6. The van der Waals surface area contributed by atoms with Crippen LogP contribution in [-0.2, 0) is 33.3 Å². The quantitative estimate of drug-likeness (QED) is 0.0195. The molecule has 63 heavy (non-hydrogen) atoms. The Morgan fingerprint density at radius 2 is 0.857 bits per heavy atom. The van der Waals surface area contributed by atoms with Crippen LogP contribution in [0.3, 0.4) is 0 Å². The van der Waals surface area contributed by atoms with E-state index in [9.17, 15) is 19.5 Å². The predicted octanol–water partition coefficient (Wildman–Crippen LogP) is 13.2. The summed E-state index contributed by atoms with van der Waals surface area (Å²) in [5.74, 6) is -2.28. The van der Waals surface area contributed by atoms with Crippen LogP contribution in [0.2, 0.25) is 0 Å². The van der Waals surface area contributed by atoms with E-state index >= 15 is 0 Å². The Kier molecular flexibility index (Phi) is 44.2. The lowest BCUT2D eigenvalue weighted by Crippen LogP contribution is -2.44. The highest BCUT2D eigenvalue weighted by Crippen LogP contribution is 2.16. The van der Waals surface area contributed by atoms with E-state index in [1.807, 2.05) is 21.1 Å². The summed E-state index contributed by atoms with van der Waals surface area (Å²) in [5, 5.41) is 11.7. The van der Waals surface area contributed by atoms with Crippen molar-refractivity contribution in [1.82, 2.24) is 0 Å². The summed E-state index contributed by atoms with van der Waals surface area (Å²) in [7, 11) is 5.91. The lowest BCUT2D eigenvalue weighted by molar-refractivity contribution is -0.870. The van der Waals surface area contributed by atoms with Crippen molar-refractivity contribution in [2.24, 2.45) is 0 Å². The zero-order valence-electron chi connectivity index (χ0n) is 41.7. The van der Waals surface area contributed by atoms with Gasteiger partial charge in [0, 0.05) is 12.8 Å². The van der Waals surface area contributed by atoms with Gasteiger partial charge in [-0.25, -0.2) is 0 Å². The molecule has 2 unspecified atom stereocenters. The number of carbonyl (C=O) groups is 3. The van der Waals surface area contributed by atoms with Gasteiger partial charge in [-0.3, -0.25) is 9.59 Å². The molecule has 0 fully saturated rings. The number of aliphatic carboxylic acids is 1. The summed E-state index contributed by atoms with van der Waals surface area (Å²) in [5.41, 5.74) is 0. The zero-order valence-corrected chi connectivity index (χ0v) is 41.7. The van der Waals surface area contributed by atoms with E-state index in [1.165, 1.54) is 154 Å². The number of esters is 2. The van der Waals surface area contributed by atoms with Crippen molar-refractivity contribution in [1.29, 1.82) is 0 Å². The van der Waals surface area contributed by atoms with Gasteiger partial charge in [0.15, 0.2) is 12.4 Å². The van der Waals surface area contributed by atoms with E-state index in [4.69, 9.17) is 18.9 Å². The molecule has 2 atom stereocenters. The van der Waals surface area contributed by atoms with Crippen LogP contribution in [-0.4, -0.2) is 82.3 Å². The van der Waals surface area contributed by atoms with Gasteiger partial charge < -0.3 is 33.3 Å². The summed E-state index contributed by atoms with van der Waals surface area (Å²) >= 11 is 0. The molecular weight excluding hydrogens is 791 g/mol. The first-order valence-corrected chi connectivity index (χ1v) is 26.1. The number of quaternary nitrogens is 1. The van der Waals surface area contributed by atoms with Gasteiger partial charge in [0.1, 0.15) is 13.2 Å². The maximum Gasteiger partial charge on any atom is 0.306 e. The van der Waals surface area contributed by atoms with Crippen LogP contribution in [0.15, 0.2) is 36.5 Å². The van der Waals surface area contributed by atoms with Crippen molar-refractivity contribution >= 4 is 17.9 Å². The Morgan fingerprint density at radius 1 is 0.476 bits per heavy atom. The number of ether oxygens (including phenoxy) is 4. The van der Waals surface area contributed by atoms with Crippen LogP contribution in [0.4, 0.5) is 0 Å². The standard InChI is InChI=1S/C54H99NO8/c1-6-8-10-12-14-16-17-18-19-20-21-22-23-24-25-26-27-28-29-30-31-32-33-34-35-37-39-41-43-45-52(57)63-50(49-62-54(53(58)59)60-47-46-55(3,4)5)48-61-51(56)44-42-40-38-36-15-13-11-9-7-2/h17-18,20-21,23-24,50,54H,6-16,19,22,25-49H2,1-5H3/b18-17-,21-20-,24-23-. The molecule has 0 bridgehead atoms. The second kappa shape index (κ2) is 46.1. The fourth-order valence-electron chi connectivity index (χ4n) is 7.31. The Morgan fingerprint density at radius 3 is 1.27 bits per heavy atom. The van der Waals surface area contributed by atoms with Crippen LogP contribution < -0.4 is 5.11 Å². The SMILES string of the molecule is CCCCCCC/C=C\C/C=C\C/C=C\CCCCCCCCCCCCCCCCC(=O)OC(COC(=O)CCCCCCCCCCC)COC(OCC[N+](C)(C)C)C(=O)[O-]. The highest BCUT2D eigenvalue weighted by atomic mass is 16.7. The number of hydrogen-bond acceptors (Lipinski definition) is 8. The van der Waals surface area contributed by atoms with E-state index in [-0.39, 0.29) is 32.2 Å². The van der Waals surface area contributed by atoms with Gasteiger partial charge in [-0.05, 0) is 51.4 Å². The molecule has 0 heterocycles. The highest BCUT2D eigenvalue weighted by Gasteiger charge is 2.22. The monoisotopic (exact) mass is 890 g/mol. The van der Waals surface area contributed by atoms with Crippen LogP contribution in [0.1, 0.15) is 232 Å². The Labute approximate surface area is 388 Å². The second-order valence-corrected chi connectivity index (χ2v) is 18.8. The lowest BCUT2D eigenvalue weighted by atomic mass is 10.0. The molecule has 0 aromatic rings. The average Bonchev–Trinajstić information content (AvgIpc) is 3.24. The number of rotatable bonds is 48. The fraction of sp³-hybridized carbons (Fsp3) is 0.833. The third-order valence-corrected chi connectivity index (χ3v) is 11.4. The van der Waals surface area contributed by atoms with Crippen LogP contribution in [0, 0.1) is 0 Å². The van der Waals surface area contributed by atoms with Crippen molar-refractivity contribution in [3.8, 4) is 0 Å². The van der Waals surface area contributed by atoms with Crippen LogP contribution >= 0.6 is 0 Å². The molecule has 0 rings (SSSR count). The molecule has 0 amide bonds. The first kappa shape index (κ1) is 60.5. The molecule has 0 aliphatic carbocycles. The maximum atomic E-state index is 12.8. The Bertz CT molecular complexity index is 1130. The van der Waals surface area contributed by atoms with E-state index < -0.39 is 24.3 Å². The first-order valence-electron chi connectivity index (χ1n) is 26.1. The molecule has 368 valence electrons. The lowest BCUT2D eigenvalue weighted by Gasteiger charge is -2.26. The third kappa shape index (κ3) is 47.3. The number of likely N-dealkylation sites (N-methyl/N-ethyl adjacent to an activating group) is 1. The minimum atomic E-state index is -1.62.